The van der Waals surface area contributed by atoms with Crippen molar-refractivity contribution in [1.29, 1.82) is 0 Å². The topological polar surface area (TPSA) is 60.5 Å². The lowest BCUT2D eigenvalue weighted by Crippen LogP contribution is -2.39. The van der Waals surface area contributed by atoms with Crippen molar-refractivity contribution in [1.82, 2.24) is 9.80 Å². The van der Waals surface area contributed by atoms with E-state index in [1.165, 1.54) is 0 Å². The molecular weight excluding hydrogens is 384 g/mol. The summed E-state index contributed by atoms with van der Waals surface area (Å²) in [6.07, 6.45) is 0.462. The quantitative estimate of drug-likeness (QED) is 0.627. The van der Waals surface area contributed by atoms with Crippen molar-refractivity contribution in [3.63, 3.8) is 0 Å². The number of amides is 1. The van der Waals surface area contributed by atoms with Gasteiger partial charge in [-0.1, -0.05) is 18.2 Å². The molecule has 1 aliphatic rings. The average Bonchev–Trinajstić information content (AvgIpc) is 2.79. The summed E-state index contributed by atoms with van der Waals surface area (Å²) in [6.45, 7) is 5.24. The van der Waals surface area contributed by atoms with E-state index < -0.39 is 0 Å². The molecule has 0 aromatic heterocycles. The zero-order chi connectivity index (χ0) is 21.2. The van der Waals surface area contributed by atoms with Crippen LogP contribution in [0, 0.1) is 0 Å². The molecule has 7 nitrogen and oxygen atoms in total. The lowest BCUT2D eigenvalue weighted by molar-refractivity contribution is 0.0361. The highest BCUT2D eigenvalue weighted by Gasteiger charge is 2.20. The van der Waals surface area contributed by atoms with Gasteiger partial charge in [0, 0.05) is 31.7 Å². The molecule has 162 valence electrons. The third-order valence-corrected chi connectivity index (χ3v) is 5.06. The second-order valence-electron chi connectivity index (χ2n) is 7.09. The highest BCUT2D eigenvalue weighted by atomic mass is 16.6. The van der Waals surface area contributed by atoms with Crippen LogP contribution in [0.25, 0.3) is 0 Å². The molecule has 0 N–H and O–H groups in total. The second kappa shape index (κ2) is 11.4. The van der Waals surface area contributed by atoms with Gasteiger partial charge >= 0.3 is 6.09 Å². The molecule has 1 amide bonds. The number of para-hydroxylation sites is 1. The molecule has 3 rings (SSSR count). The number of hydrogen-bond acceptors (Lipinski definition) is 6. The van der Waals surface area contributed by atoms with E-state index >= 15 is 0 Å². The average molecular weight is 415 g/mol. The molecule has 0 spiro atoms. The molecule has 1 heterocycles. The normalized spacial score (nSPS) is 14.2. The highest BCUT2D eigenvalue weighted by molar-refractivity contribution is 5.70. The van der Waals surface area contributed by atoms with Gasteiger partial charge in [-0.15, -0.1) is 0 Å². The summed E-state index contributed by atoms with van der Waals surface area (Å²) in [4.78, 5) is 17.0. The van der Waals surface area contributed by atoms with Crippen molar-refractivity contribution in [2.24, 2.45) is 0 Å². The van der Waals surface area contributed by atoms with Gasteiger partial charge in [-0.2, -0.15) is 0 Å². The van der Waals surface area contributed by atoms with Crippen LogP contribution in [-0.2, 0) is 11.3 Å². The molecule has 0 radical (unpaired) electrons. The third kappa shape index (κ3) is 6.37. The smallest absolute Gasteiger partial charge is 0.415 e. The molecule has 1 saturated heterocycles. The lowest BCUT2D eigenvalue weighted by atomic mass is 10.1. The molecule has 0 bridgehead atoms. The van der Waals surface area contributed by atoms with E-state index in [0.717, 1.165) is 50.6 Å². The number of benzene rings is 2. The summed E-state index contributed by atoms with van der Waals surface area (Å²) in [5, 5.41) is 0. The van der Waals surface area contributed by atoms with E-state index in [4.69, 9.17) is 18.9 Å². The van der Waals surface area contributed by atoms with Gasteiger partial charge in [0.15, 0.2) is 0 Å². The van der Waals surface area contributed by atoms with E-state index in [1.54, 1.807) is 31.3 Å². The van der Waals surface area contributed by atoms with Gasteiger partial charge in [0.2, 0.25) is 0 Å². The summed E-state index contributed by atoms with van der Waals surface area (Å²) in [7, 11) is 3.24. The molecule has 1 aliphatic heterocycles. The van der Waals surface area contributed by atoms with Gasteiger partial charge in [0.1, 0.15) is 17.2 Å². The fraction of sp³-hybridized carbons (Fsp3) is 0.435. The number of carbonyl (C=O) groups is 1. The number of rotatable bonds is 9. The molecule has 0 saturated carbocycles. The van der Waals surface area contributed by atoms with Crippen molar-refractivity contribution in [2.45, 2.75) is 13.0 Å². The van der Waals surface area contributed by atoms with Crippen molar-refractivity contribution in [3.05, 3.63) is 54.1 Å². The summed E-state index contributed by atoms with van der Waals surface area (Å²) in [5.41, 5.74) is 0.869. The number of carbonyl (C=O) groups excluding carboxylic acids is 1. The van der Waals surface area contributed by atoms with Crippen LogP contribution in [0.3, 0.4) is 0 Å². The molecule has 2 aromatic carbocycles. The molecule has 0 aliphatic carbocycles. The maximum absolute atomic E-state index is 13.0. The Kier molecular flexibility index (Phi) is 8.35. The molecule has 0 atom stereocenters. The Labute approximate surface area is 178 Å². The van der Waals surface area contributed by atoms with Crippen LogP contribution in [0.4, 0.5) is 4.79 Å². The molecular formula is C23H30N2O5. The predicted octanol–water partition coefficient (Wildman–Crippen LogP) is 3.43. The fourth-order valence-corrected chi connectivity index (χ4v) is 3.41. The van der Waals surface area contributed by atoms with Gasteiger partial charge in [-0.05, 0) is 36.8 Å². The van der Waals surface area contributed by atoms with Crippen molar-refractivity contribution >= 4 is 6.09 Å². The third-order valence-electron chi connectivity index (χ3n) is 5.06. The second-order valence-corrected chi connectivity index (χ2v) is 7.09. The predicted molar refractivity (Wildman–Crippen MR) is 114 cm³/mol. The minimum atomic E-state index is -0.381. The number of methoxy groups -OCH3 is 2. The first-order chi connectivity index (χ1) is 14.7. The van der Waals surface area contributed by atoms with Gasteiger partial charge < -0.3 is 23.8 Å². The van der Waals surface area contributed by atoms with Crippen LogP contribution in [0.15, 0.2) is 48.5 Å². The number of nitrogens with zero attached hydrogens (tertiary/aromatic N) is 2. The molecule has 1 fully saturated rings. The van der Waals surface area contributed by atoms with Crippen LogP contribution >= 0.6 is 0 Å². The first-order valence-electron chi connectivity index (χ1n) is 10.2. The standard InChI is InChI=1S/C23H30N2O5/c1-27-21-9-10-22(28-2)19(17-21)18-25(12-6-11-24-13-15-29-16-14-24)23(26)30-20-7-4-3-5-8-20/h3-5,7-10,17H,6,11-16,18H2,1-2H3. The Bertz CT molecular complexity index is 793. The van der Waals surface area contributed by atoms with Crippen LogP contribution in [0.1, 0.15) is 12.0 Å². The monoisotopic (exact) mass is 414 g/mol. The van der Waals surface area contributed by atoms with Crippen LogP contribution < -0.4 is 14.2 Å². The SMILES string of the molecule is COc1ccc(OC)c(CN(CCCN2CCOCC2)C(=O)Oc2ccccc2)c1. The minimum Gasteiger partial charge on any atom is -0.497 e. The van der Waals surface area contributed by atoms with Gasteiger partial charge in [0.25, 0.3) is 0 Å². The fourth-order valence-electron chi connectivity index (χ4n) is 3.41. The summed E-state index contributed by atoms with van der Waals surface area (Å²) in [6, 6.07) is 14.7. The van der Waals surface area contributed by atoms with Gasteiger partial charge in [-0.3, -0.25) is 4.90 Å². The Morgan fingerprint density at radius 1 is 1.03 bits per heavy atom. The van der Waals surface area contributed by atoms with Gasteiger partial charge in [0.05, 0.1) is 34.0 Å². The highest BCUT2D eigenvalue weighted by Crippen LogP contribution is 2.26. The first-order valence-corrected chi connectivity index (χ1v) is 10.2. The number of hydrogen-bond donors (Lipinski definition) is 0. The Balaban J connectivity index is 1.70. The number of ether oxygens (including phenoxy) is 4. The molecule has 2 aromatic rings. The van der Waals surface area contributed by atoms with E-state index in [9.17, 15) is 4.79 Å². The minimum absolute atomic E-state index is 0.370. The van der Waals surface area contributed by atoms with Crippen molar-refractivity contribution < 1.29 is 23.7 Å². The van der Waals surface area contributed by atoms with E-state index in [-0.39, 0.29) is 6.09 Å². The zero-order valence-electron chi connectivity index (χ0n) is 17.7. The van der Waals surface area contributed by atoms with Crippen LogP contribution in [0.2, 0.25) is 0 Å². The Morgan fingerprint density at radius 3 is 2.50 bits per heavy atom. The maximum atomic E-state index is 13.0. The molecule has 0 unspecified atom stereocenters. The van der Waals surface area contributed by atoms with E-state index in [1.807, 2.05) is 36.4 Å². The van der Waals surface area contributed by atoms with Crippen molar-refractivity contribution in [2.75, 3.05) is 53.6 Å². The molecule has 30 heavy (non-hydrogen) atoms. The summed E-state index contributed by atoms with van der Waals surface area (Å²) >= 11 is 0. The Hall–Kier alpha value is -2.77. The lowest BCUT2D eigenvalue weighted by Gasteiger charge is -2.28. The Morgan fingerprint density at radius 2 is 1.80 bits per heavy atom. The summed E-state index contributed by atoms with van der Waals surface area (Å²) in [5.74, 6) is 1.95. The van der Waals surface area contributed by atoms with Crippen molar-refractivity contribution in [3.8, 4) is 17.2 Å². The van der Waals surface area contributed by atoms with Crippen LogP contribution in [0.5, 0.6) is 17.2 Å². The van der Waals surface area contributed by atoms with Crippen LogP contribution in [-0.4, -0.2) is 69.5 Å². The van der Waals surface area contributed by atoms with Gasteiger partial charge in [-0.25, -0.2) is 4.79 Å². The largest absolute Gasteiger partial charge is 0.497 e. The molecule has 7 heteroatoms. The first kappa shape index (κ1) is 21.9. The van der Waals surface area contributed by atoms with E-state index in [0.29, 0.717) is 24.6 Å². The number of morpholine rings is 1. The van der Waals surface area contributed by atoms with E-state index in [2.05, 4.69) is 4.90 Å². The zero-order valence-corrected chi connectivity index (χ0v) is 17.7. The maximum Gasteiger partial charge on any atom is 0.415 e. The summed E-state index contributed by atoms with van der Waals surface area (Å²) < 4.78 is 21.8.